The Hall–Kier alpha value is -1.76. The van der Waals surface area contributed by atoms with Crippen molar-refractivity contribution in [3.8, 4) is 0 Å². The molecule has 1 unspecified atom stereocenters. The van der Waals surface area contributed by atoms with Gasteiger partial charge in [-0.05, 0) is 158 Å². The molecule has 46 heavy (non-hydrogen) atoms. The number of nitrogens with zero attached hydrogens (tertiary/aromatic N) is 4. The van der Waals surface area contributed by atoms with Crippen LogP contribution in [0.5, 0.6) is 0 Å². The topological polar surface area (TPSA) is 51.6 Å². The fourth-order valence-electron chi connectivity index (χ4n) is 13.2. The van der Waals surface area contributed by atoms with Crippen LogP contribution in [-0.2, 0) is 16.7 Å². The van der Waals surface area contributed by atoms with E-state index in [1.165, 1.54) is 88.2 Å². The van der Waals surface area contributed by atoms with Crippen molar-refractivity contribution in [3.63, 3.8) is 0 Å². The zero-order valence-corrected chi connectivity index (χ0v) is 30.2. The Morgan fingerprint density at radius 2 is 1.04 bits per heavy atom. The quantitative estimate of drug-likeness (QED) is 0.240. The first-order chi connectivity index (χ1) is 22.1. The van der Waals surface area contributed by atoms with E-state index in [2.05, 4.69) is 48.2 Å². The SMILES string of the molecule is CC(C)(C)c1ccc(C(P)(C23CC4CC(CC(C4)C2)C3)C23CC4CC(CC(C4)C2)C3)c(CP(c2ncccn2)c2ncccn2)c1. The number of benzene rings is 1. The Morgan fingerprint density at radius 1 is 0.652 bits per heavy atom. The van der Waals surface area contributed by atoms with Gasteiger partial charge in [0.05, 0.1) is 0 Å². The van der Waals surface area contributed by atoms with Crippen LogP contribution in [0.15, 0.2) is 55.1 Å². The van der Waals surface area contributed by atoms with Crippen LogP contribution in [0.1, 0.15) is 115 Å². The average Bonchev–Trinajstić information content (AvgIpc) is 3.02. The van der Waals surface area contributed by atoms with Crippen molar-refractivity contribution in [2.75, 3.05) is 0 Å². The van der Waals surface area contributed by atoms with Gasteiger partial charge in [0, 0.05) is 44.0 Å². The second-order valence-electron chi connectivity index (χ2n) is 18.0. The molecule has 11 rings (SSSR count). The monoisotopic (exact) mass is 650 g/mol. The van der Waals surface area contributed by atoms with E-state index in [0.717, 1.165) is 52.8 Å². The summed E-state index contributed by atoms with van der Waals surface area (Å²) in [6.07, 6.45) is 26.2. The summed E-state index contributed by atoms with van der Waals surface area (Å²) in [4.78, 5) is 19.4. The van der Waals surface area contributed by atoms with Crippen molar-refractivity contribution in [3.05, 3.63) is 71.8 Å². The van der Waals surface area contributed by atoms with Crippen LogP contribution < -0.4 is 11.1 Å². The Balaban J connectivity index is 1.26. The number of hydrogen-bond donors (Lipinski definition) is 0. The van der Waals surface area contributed by atoms with Gasteiger partial charge in [0.15, 0.2) is 11.1 Å². The lowest BCUT2D eigenvalue weighted by atomic mass is 9.37. The molecular formula is C40H52N4P2. The predicted molar refractivity (Wildman–Crippen MR) is 192 cm³/mol. The van der Waals surface area contributed by atoms with Crippen LogP contribution >= 0.6 is 17.2 Å². The lowest BCUT2D eigenvalue weighted by Crippen LogP contribution is -2.64. The molecule has 4 nitrogen and oxygen atoms in total. The van der Waals surface area contributed by atoms with Gasteiger partial charge in [0.2, 0.25) is 0 Å². The number of aromatic nitrogens is 4. The average molecular weight is 651 g/mol. The Labute approximate surface area is 280 Å². The summed E-state index contributed by atoms with van der Waals surface area (Å²) in [5.41, 5.74) is 7.26. The molecule has 8 aliphatic carbocycles. The molecule has 8 bridgehead atoms. The van der Waals surface area contributed by atoms with Gasteiger partial charge in [0.25, 0.3) is 0 Å². The standard InChI is InChI=1S/C40H52N4P2/c1-37(2,3)33-6-7-34(32(18-33)25-46(35-41-8-4-9-42-35)36-43-10-5-11-44-36)40(45,38-19-26-12-27(20-38)14-28(13-26)21-38)39-22-29-15-30(23-39)17-31(16-29)24-39/h4-11,18,26-31H,12-17,19-25,45H2,1-3H3. The van der Waals surface area contributed by atoms with Crippen LogP contribution in [0.4, 0.5) is 0 Å². The van der Waals surface area contributed by atoms with Crippen molar-refractivity contribution < 1.29 is 0 Å². The summed E-state index contributed by atoms with van der Waals surface area (Å²) in [5.74, 6) is 5.61. The smallest absolute Gasteiger partial charge is 0.158 e. The Kier molecular flexibility index (Phi) is 7.16. The lowest BCUT2D eigenvalue weighted by molar-refractivity contribution is -0.158. The molecule has 0 amide bonds. The third kappa shape index (κ3) is 4.73. The minimum absolute atomic E-state index is 0.0768. The van der Waals surface area contributed by atoms with Crippen LogP contribution in [-0.4, -0.2) is 19.9 Å². The molecule has 1 aromatic carbocycles. The zero-order valence-electron chi connectivity index (χ0n) is 28.2. The van der Waals surface area contributed by atoms with E-state index in [1.807, 2.05) is 36.9 Å². The van der Waals surface area contributed by atoms with Crippen molar-refractivity contribution in [2.45, 2.75) is 115 Å². The van der Waals surface area contributed by atoms with Crippen LogP contribution in [0.2, 0.25) is 0 Å². The lowest BCUT2D eigenvalue weighted by Gasteiger charge is -2.72. The van der Waals surface area contributed by atoms with E-state index < -0.39 is 7.92 Å². The molecule has 8 saturated carbocycles. The van der Waals surface area contributed by atoms with Gasteiger partial charge < -0.3 is 0 Å². The van der Waals surface area contributed by atoms with Crippen LogP contribution in [0.25, 0.3) is 0 Å². The number of hydrogen-bond acceptors (Lipinski definition) is 4. The number of rotatable bonds is 7. The van der Waals surface area contributed by atoms with E-state index in [0.29, 0.717) is 10.8 Å². The Bertz CT molecular complexity index is 1440. The fourth-order valence-corrected chi connectivity index (χ4v) is 16.0. The highest BCUT2D eigenvalue weighted by molar-refractivity contribution is 7.71. The molecular weight excluding hydrogens is 598 g/mol. The highest BCUT2D eigenvalue weighted by Gasteiger charge is 2.69. The molecule has 0 aliphatic heterocycles. The maximum atomic E-state index is 4.86. The highest BCUT2D eigenvalue weighted by Crippen LogP contribution is 2.78. The summed E-state index contributed by atoms with van der Waals surface area (Å²) in [5, 5.41) is 0.0911. The minimum atomic E-state index is -0.959. The molecule has 0 radical (unpaired) electrons. The molecule has 0 N–H and O–H groups in total. The van der Waals surface area contributed by atoms with E-state index in [-0.39, 0.29) is 10.6 Å². The molecule has 8 fully saturated rings. The van der Waals surface area contributed by atoms with Gasteiger partial charge in [-0.3, -0.25) is 0 Å². The fraction of sp³-hybridized carbons (Fsp3) is 0.650. The summed E-state index contributed by atoms with van der Waals surface area (Å²) in [6.45, 7) is 7.13. The normalized spacial score (nSPS) is 37.2. The molecule has 242 valence electrons. The summed E-state index contributed by atoms with van der Waals surface area (Å²) in [7, 11) is 2.87. The predicted octanol–water partition coefficient (Wildman–Crippen LogP) is 8.70. The molecule has 2 heterocycles. The van der Waals surface area contributed by atoms with Crippen molar-refractivity contribution in [1.29, 1.82) is 0 Å². The van der Waals surface area contributed by atoms with Gasteiger partial charge >= 0.3 is 0 Å². The van der Waals surface area contributed by atoms with E-state index in [9.17, 15) is 0 Å². The second-order valence-corrected chi connectivity index (χ2v) is 20.8. The van der Waals surface area contributed by atoms with Gasteiger partial charge in [0.1, 0.15) is 0 Å². The second kappa shape index (κ2) is 10.9. The van der Waals surface area contributed by atoms with Gasteiger partial charge in [-0.25, -0.2) is 19.9 Å². The summed E-state index contributed by atoms with van der Waals surface area (Å²) < 4.78 is 0. The first kappa shape index (κ1) is 30.3. The summed E-state index contributed by atoms with van der Waals surface area (Å²) >= 11 is 0. The van der Waals surface area contributed by atoms with Crippen LogP contribution in [0, 0.1) is 46.3 Å². The maximum Gasteiger partial charge on any atom is 0.158 e. The van der Waals surface area contributed by atoms with E-state index in [1.54, 1.807) is 5.56 Å². The molecule has 1 atom stereocenters. The molecule has 2 aromatic heterocycles. The molecule has 3 aromatic rings. The van der Waals surface area contributed by atoms with Gasteiger partial charge in [-0.15, -0.1) is 9.24 Å². The first-order valence-electron chi connectivity index (χ1n) is 18.4. The van der Waals surface area contributed by atoms with E-state index >= 15 is 0 Å². The van der Waals surface area contributed by atoms with Crippen molar-refractivity contribution >= 4 is 28.3 Å². The van der Waals surface area contributed by atoms with Crippen molar-refractivity contribution in [1.82, 2.24) is 19.9 Å². The molecule has 8 aliphatic rings. The minimum Gasteiger partial charge on any atom is -0.237 e. The van der Waals surface area contributed by atoms with Gasteiger partial charge in [-0.2, -0.15) is 0 Å². The first-order valence-corrected chi connectivity index (χ1v) is 20.5. The molecule has 0 spiro atoms. The Morgan fingerprint density at radius 3 is 1.41 bits per heavy atom. The largest absolute Gasteiger partial charge is 0.237 e. The van der Waals surface area contributed by atoms with E-state index in [4.69, 9.17) is 19.9 Å². The van der Waals surface area contributed by atoms with Gasteiger partial charge in [-0.1, -0.05) is 39.0 Å². The summed E-state index contributed by atoms with van der Waals surface area (Å²) in [6, 6.07) is 11.7. The highest BCUT2D eigenvalue weighted by atomic mass is 31.1. The van der Waals surface area contributed by atoms with Crippen LogP contribution in [0.3, 0.4) is 0 Å². The molecule has 6 heteroatoms. The van der Waals surface area contributed by atoms with Crippen molar-refractivity contribution in [2.24, 2.45) is 46.3 Å². The third-order valence-electron chi connectivity index (χ3n) is 14.1. The maximum absolute atomic E-state index is 4.86. The third-order valence-corrected chi connectivity index (χ3v) is 17.7. The molecule has 0 saturated heterocycles. The zero-order chi connectivity index (χ0) is 31.3.